The largest absolute Gasteiger partial charge is 0.258 e. The maximum atomic E-state index is 4.38. The van der Waals surface area contributed by atoms with Gasteiger partial charge in [0.1, 0.15) is 0 Å². The summed E-state index contributed by atoms with van der Waals surface area (Å²) in [6, 6.07) is 8.59. The molecule has 2 rings (SSSR count). The summed E-state index contributed by atoms with van der Waals surface area (Å²) in [5.74, 6) is 0. The molecule has 2 heteroatoms. The van der Waals surface area contributed by atoms with Gasteiger partial charge in [-0.3, -0.25) is 9.97 Å². The Balaban J connectivity index is 2.40. The van der Waals surface area contributed by atoms with E-state index in [4.69, 9.17) is 0 Å². The standard InChI is InChI=1S/C15H18N2/c1-11-14(17-10-9-16-11)12-5-7-13(8-6-12)15(2,3)4/h5-10H,1-4H3. The Morgan fingerprint density at radius 2 is 1.47 bits per heavy atom. The Morgan fingerprint density at radius 1 is 0.882 bits per heavy atom. The molecule has 88 valence electrons. The van der Waals surface area contributed by atoms with Gasteiger partial charge in [-0.15, -0.1) is 0 Å². The fraction of sp³-hybridized carbons (Fsp3) is 0.333. The zero-order chi connectivity index (χ0) is 12.5. The first-order chi connectivity index (χ1) is 7.98. The predicted octanol–water partition coefficient (Wildman–Crippen LogP) is 3.75. The highest BCUT2D eigenvalue weighted by molar-refractivity contribution is 5.61. The lowest BCUT2D eigenvalue weighted by atomic mass is 9.86. The van der Waals surface area contributed by atoms with Crippen LogP contribution in [-0.2, 0) is 5.41 Å². The third kappa shape index (κ3) is 2.52. The van der Waals surface area contributed by atoms with Crippen LogP contribution in [0.25, 0.3) is 11.3 Å². The van der Waals surface area contributed by atoms with Crippen molar-refractivity contribution in [1.82, 2.24) is 9.97 Å². The van der Waals surface area contributed by atoms with Crippen molar-refractivity contribution in [3.05, 3.63) is 47.9 Å². The van der Waals surface area contributed by atoms with Gasteiger partial charge in [0.25, 0.3) is 0 Å². The highest BCUT2D eigenvalue weighted by Gasteiger charge is 2.13. The van der Waals surface area contributed by atoms with Gasteiger partial charge in [0.2, 0.25) is 0 Å². The van der Waals surface area contributed by atoms with Crippen LogP contribution in [0.1, 0.15) is 32.0 Å². The van der Waals surface area contributed by atoms with Gasteiger partial charge in [0.15, 0.2) is 0 Å². The van der Waals surface area contributed by atoms with Crippen LogP contribution in [-0.4, -0.2) is 9.97 Å². The minimum atomic E-state index is 0.190. The van der Waals surface area contributed by atoms with E-state index < -0.39 is 0 Å². The summed E-state index contributed by atoms with van der Waals surface area (Å²) in [6.45, 7) is 8.64. The molecule has 0 amide bonds. The van der Waals surface area contributed by atoms with E-state index in [1.165, 1.54) is 5.56 Å². The molecule has 0 fully saturated rings. The Kier molecular flexibility index (Phi) is 2.97. The van der Waals surface area contributed by atoms with Crippen molar-refractivity contribution >= 4 is 0 Å². The molecule has 2 aromatic rings. The van der Waals surface area contributed by atoms with Crippen molar-refractivity contribution in [3.63, 3.8) is 0 Å². The van der Waals surface area contributed by atoms with Crippen LogP contribution >= 0.6 is 0 Å². The lowest BCUT2D eigenvalue weighted by molar-refractivity contribution is 0.590. The molecule has 0 aliphatic heterocycles. The van der Waals surface area contributed by atoms with Crippen LogP contribution in [0.15, 0.2) is 36.7 Å². The predicted molar refractivity (Wildman–Crippen MR) is 70.9 cm³/mol. The van der Waals surface area contributed by atoms with E-state index in [2.05, 4.69) is 55.0 Å². The van der Waals surface area contributed by atoms with E-state index in [1.807, 2.05) is 6.92 Å². The molecule has 1 heterocycles. The molecule has 0 radical (unpaired) electrons. The normalized spacial score (nSPS) is 11.5. The minimum Gasteiger partial charge on any atom is -0.258 e. The molecule has 0 saturated heterocycles. The van der Waals surface area contributed by atoms with Crippen LogP contribution < -0.4 is 0 Å². The Labute approximate surface area is 103 Å². The van der Waals surface area contributed by atoms with E-state index in [0.29, 0.717) is 0 Å². The third-order valence-corrected chi connectivity index (χ3v) is 2.91. The molecule has 17 heavy (non-hydrogen) atoms. The van der Waals surface area contributed by atoms with Crippen molar-refractivity contribution < 1.29 is 0 Å². The molecule has 0 spiro atoms. The van der Waals surface area contributed by atoms with Crippen molar-refractivity contribution in [2.24, 2.45) is 0 Å². The molecule has 1 aromatic heterocycles. The van der Waals surface area contributed by atoms with E-state index in [0.717, 1.165) is 17.0 Å². The summed E-state index contributed by atoms with van der Waals surface area (Å²) in [6.07, 6.45) is 3.46. The van der Waals surface area contributed by atoms with Gasteiger partial charge < -0.3 is 0 Å². The fourth-order valence-electron chi connectivity index (χ4n) is 1.82. The number of rotatable bonds is 1. The Morgan fingerprint density at radius 3 is 2.00 bits per heavy atom. The van der Waals surface area contributed by atoms with Crippen LogP contribution in [0.2, 0.25) is 0 Å². The van der Waals surface area contributed by atoms with E-state index in [-0.39, 0.29) is 5.41 Å². The van der Waals surface area contributed by atoms with Gasteiger partial charge in [0.05, 0.1) is 11.4 Å². The molecule has 1 aromatic carbocycles. The first kappa shape index (κ1) is 11.8. The van der Waals surface area contributed by atoms with Crippen molar-refractivity contribution in [1.29, 1.82) is 0 Å². The summed E-state index contributed by atoms with van der Waals surface area (Å²) in [7, 11) is 0. The second-order valence-corrected chi connectivity index (χ2v) is 5.32. The SMILES string of the molecule is Cc1nccnc1-c1ccc(C(C)(C)C)cc1. The Bertz CT molecular complexity index is 507. The molecule has 0 N–H and O–H groups in total. The lowest BCUT2D eigenvalue weighted by Crippen LogP contribution is -2.10. The maximum absolute atomic E-state index is 4.38. The number of aryl methyl sites for hydroxylation is 1. The second kappa shape index (κ2) is 4.28. The van der Waals surface area contributed by atoms with Gasteiger partial charge in [-0.1, -0.05) is 45.0 Å². The fourth-order valence-corrected chi connectivity index (χ4v) is 1.82. The lowest BCUT2D eigenvalue weighted by Gasteiger charge is -2.19. The van der Waals surface area contributed by atoms with Gasteiger partial charge >= 0.3 is 0 Å². The van der Waals surface area contributed by atoms with Crippen molar-refractivity contribution in [2.45, 2.75) is 33.1 Å². The summed E-state index contributed by atoms with van der Waals surface area (Å²) >= 11 is 0. The van der Waals surface area contributed by atoms with Gasteiger partial charge in [-0.05, 0) is 17.9 Å². The maximum Gasteiger partial charge on any atom is 0.0914 e. The summed E-state index contributed by atoms with van der Waals surface area (Å²) in [5.41, 5.74) is 4.59. The number of aromatic nitrogens is 2. The van der Waals surface area contributed by atoms with E-state index >= 15 is 0 Å². The second-order valence-electron chi connectivity index (χ2n) is 5.32. The third-order valence-electron chi connectivity index (χ3n) is 2.91. The monoisotopic (exact) mass is 226 g/mol. The molecule has 0 saturated carbocycles. The number of nitrogens with zero attached hydrogens (tertiary/aromatic N) is 2. The van der Waals surface area contributed by atoms with Crippen LogP contribution in [0, 0.1) is 6.92 Å². The van der Waals surface area contributed by atoms with Gasteiger partial charge in [-0.2, -0.15) is 0 Å². The molecule has 0 bridgehead atoms. The highest BCUT2D eigenvalue weighted by atomic mass is 14.8. The van der Waals surface area contributed by atoms with Crippen molar-refractivity contribution in [3.8, 4) is 11.3 Å². The summed E-state index contributed by atoms with van der Waals surface area (Å²) in [5, 5.41) is 0. The summed E-state index contributed by atoms with van der Waals surface area (Å²) in [4.78, 5) is 8.64. The zero-order valence-corrected chi connectivity index (χ0v) is 10.9. The topological polar surface area (TPSA) is 25.8 Å². The number of benzene rings is 1. The molecule has 0 aliphatic carbocycles. The van der Waals surface area contributed by atoms with Gasteiger partial charge in [-0.25, -0.2) is 0 Å². The van der Waals surface area contributed by atoms with Crippen LogP contribution in [0.5, 0.6) is 0 Å². The molecule has 2 nitrogen and oxygen atoms in total. The number of hydrogen-bond donors (Lipinski definition) is 0. The average Bonchev–Trinajstić information content (AvgIpc) is 2.29. The molecule has 0 atom stereocenters. The van der Waals surface area contributed by atoms with E-state index in [9.17, 15) is 0 Å². The molecule has 0 aliphatic rings. The highest BCUT2D eigenvalue weighted by Crippen LogP contribution is 2.25. The summed E-state index contributed by atoms with van der Waals surface area (Å²) < 4.78 is 0. The van der Waals surface area contributed by atoms with Crippen LogP contribution in [0.3, 0.4) is 0 Å². The first-order valence-corrected chi connectivity index (χ1v) is 5.87. The Hall–Kier alpha value is -1.70. The first-order valence-electron chi connectivity index (χ1n) is 5.87. The average molecular weight is 226 g/mol. The smallest absolute Gasteiger partial charge is 0.0914 e. The van der Waals surface area contributed by atoms with Crippen LogP contribution in [0.4, 0.5) is 0 Å². The van der Waals surface area contributed by atoms with E-state index in [1.54, 1.807) is 12.4 Å². The number of hydrogen-bond acceptors (Lipinski definition) is 2. The molecular formula is C15H18N2. The quantitative estimate of drug-likeness (QED) is 0.740. The molecule has 0 unspecified atom stereocenters. The minimum absolute atomic E-state index is 0.190. The molecular weight excluding hydrogens is 208 g/mol. The van der Waals surface area contributed by atoms with Crippen molar-refractivity contribution in [2.75, 3.05) is 0 Å². The van der Waals surface area contributed by atoms with Gasteiger partial charge in [0, 0.05) is 18.0 Å². The zero-order valence-electron chi connectivity index (χ0n) is 10.9.